The van der Waals surface area contributed by atoms with Crippen molar-refractivity contribution in [1.29, 1.82) is 0 Å². The number of aryl methyl sites for hydroxylation is 1. The molecule has 2 rings (SSSR count). The number of H-pyrrole nitrogens is 1. The van der Waals surface area contributed by atoms with Gasteiger partial charge in [0.05, 0.1) is 0 Å². The van der Waals surface area contributed by atoms with Gasteiger partial charge in [-0.15, -0.1) is 0 Å². The molecule has 78 valence electrons. The molecule has 0 aromatic carbocycles. The Morgan fingerprint density at radius 3 is 3.14 bits per heavy atom. The van der Waals surface area contributed by atoms with E-state index in [2.05, 4.69) is 27.0 Å². The Bertz CT molecular complexity index is 308. The summed E-state index contributed by atoms with van der Waals surface area (Å²) in [6.45, 7) is 0. The maximum atomic E-state index is 3.23. The summed E-state index contributed by atoms with van der Waals surface area (Å²) in [5.41, 5.74) is 0. The second-order valence-electron chi connectivity index (χ2n) is 2.66. The summed E-state index contributed by atoms with van der Waals surface area (Å²) in [6, 6.07) is 0. The minimum Gasteiger partial charge on any atom is -1.00 e. The van der Waals surface area contributed by atoms with E-state index in [4.69, 9.17) is 0 Å². The number of rotatable bonds is 3. The van der Waals surface area contributed by atoms with Gasteiger partial charge >= 0.3 is 92.9 Å². The fraction of sp³-hybridized carbons (Fsp3) is 0.375. The molecule has 2 nitrogen and oxygen atoms in total. The predicted octanol–water partition coefficient (Wildman–Crippen LogP) is -1.82. The molecule has 1 aliphatic rings. The standard InChI is InChI=1S/C8H10N2S2Se.BrH/c1-10-3-2-9-8(10)12-6-7-11-4-5-13-7;/h2-5,7H,6H2,1H3;1H. The van der Waals surface area contributed by atoms with Gasteiger partial charge in [0, 0.05) is 0 Å². The number of hydrogen-bond donors (Lipinski definition) is 1. The van der Waals surface area contributed by atoms with Gasteiger partial charge in [-0.1, -0.05) is 0 Å². The average Bonchev–Trinajstić information content (AvgIpc) is 2.72. The topological polar surface area (TPSA) is 19.7 Å². The molecule has 0 saturated heterocycles. The summed E-state index contributed by atoms with van der Waals surface area (Å²) in [7, 11) is 2.07. The number of aromatic nitrogens is 2. The first-order valence-corrected chi connectivity index (χ1v) is 7.88. The molecule has 1 atom stereocenters. The molecule has 0 aliphatic carbocycles. The molecule has 14 heavy (non-hydrogen) atoms. The molecule has 1 N–H and O–H groups in total. The second-order valence-corrected chi connectivity index (χ2v) is 7.79. The van der Waals surface area contributed by atoms with Gasteiger partial charge in [0.25, 0.3) is 0 Å². The minimum atomic E-state index is 0. The van der Waals surface area contributed by atoms with Gasteiger partial charge in [-0.05, 0) is 0 Å². The van der Waals surface area contributed by atoms with Crippen LogP contribution in [0, 0.1) is 0 Å². The second kappa shape index (κ2) is 6.28. The van der Waals surface area contributed by atoms with Crippen LogP contribution >= 0.6 is 23.5 Å². The smallest absolute Gasteiger partial charge is 1.00 e. The van der Waals surface area contributed by atoms with E-state index < -0.39 is 0 Å². The Hall–Kier alpha value is 0.649. The van der Waals surface area contributed by atoms with Crippen molar-refractivity contribution in [3.05, 3.63) is 22.8 Å². The molecule has 0 fully saturated rings. The molecule has 0 spiro atoms. The van der Waals surface area contributed by atoms with Gasteiger partial charge in [0.1, 0.15) is 0 Å². The predicted molar refractivity (Wildman–Crippen MR) is 59.0 cm³/mol. The van der Waals surface area contributed by atoms with E-state index in [0.717, 1.165) is 4.15 Å². The Balaban J connectivity index is 0.000000980. The summed E-state index contributed by atoms with van der Waals surface area (Å²) >= 11 is 4.60. The van der Waals surface area contributed by atoms with Crippen molar-refractivity contribution in [3.8, 4) is 0 Å². The van der Waals surface area contributed by atoms with E-state index >= 15 is 0 Å². The zero-order valence-electron chi connectivity index (χ0n) is 7.64. The van der Waals surface area contributed by atoms with Crippen LogP contribution in [0.15, 0.2) is 27.9 Å². The van der Waals surface area contributed by atoms with Crippen molar-refractivity contribution in [2.45, 2.75) is 9.30 Å². The molecule has 2 heterocycles. The Morgan fingerprint density at radius 1 is 1.71 bits per heavy atom. The van der Waals surface area contributed by atoms with Crippen LogP contribution in [0.1, 0.15) is 0 Å². The van der Waals surface area contributed by atoms with Crippen molar-refractivity contribution in [1.82, 2.24) is 4.98 Å². The van der Waals surface area contributed by atoms with E-state index in [1.54, 1.807) is 0 Å². The van der Waals surface area contributed by atoms with Gasteiger partial charge in [-0.25, -0.2) is 0 Å². The Labute approximate surface area is 109 Å². The van der Waals surface area contributed by atoms with Crippen LogP contribution in [0.25, 0.3) is 0 Å². The van der Waals surface area contributed by atoms with E-state index in [1.807, 2.05) is 35.9 Å². The van der Waals surface area contributed by atoms with Gasteiger partial charge in [-0.3, -0.25) is 0 Å². The molecule has 1 aromatic heterocycles. The first kappa shape index (κ1) is 12.7. The number of nitrogens with zero attached hydrogens (tertiary/aromatic N) is 1. The van der Waals surface area contributed by atoms with Crippen LogP contribution < -0.4 is 21.5 Å². The van der Waals surface area contributed by atoms with Crippen LogP contribution in [-0.2, 0) is 7.05 Å². The normalized spacial score (nSPS) is 19.6. The Kier molecular flexibility index (Phi) is 5.70. The summed E-state index contributed by atoms with van der Waals surface area (Å²) in [4.78, 5) is 5.55. The maximum Gasteiger partial charge on any atom is -1.00 e. The van der Waals surface area contributed by atoms with Gasteiger partial charge < -0.3 is 17.0 Å². The summed E-state index contributed by atoms with van der Waals surface area (Å²) in [5, 5.41) is 3.49. The monoisotopic (exact) mass is 358 g/mol. The van der Waals surface area contributed by atoms with E-state index in [-0.39, 0.29) is 17.0 Å². The first-order chi connectivity index (χ1) is 6.36. The van der Waals surface area contributed by atoms with Crippen LogP contribution in [0.3, 0.4) is 0 Å². The number of hydrogen-bond acceptors (Lipinski definition) is 2. The van der Waals surface area contributed by atoms with Crippen LogP contribution in [0.4, 0.5) is 0 Å². The van der Waals surface area contributed by atoms with Crippen molar-refractivity contribution < 1.29 is 21.5 Å². The SMILES string of the molecule is C[n+]1cc[nH]c1SCC1SC=C[Se]1.[Br-]. The molecular weight excluding hydrogens is 347 g/mol. The molecule has 1 aromatic rings. The summed E-state index contributed by atoms with van der Waals surface area (Å²) < 4.78 is 2.96. The number of thioether (sulfide) groups is 2. The average molecular weight is 358 g/mol. The molecule has 0 amide bonds. The van der Waals surface area contributed by atoms with E-state index in [0.29, 0.717) is 15.0 Å². The molecule has 0 radical (unpaired) electrons. The van der Waals surface area contributed by atoms with Crippen molar-refractivity contribution in [2.24, 2.45) is 7.05 Å². The van der Waals surface area contributed by atoms with Gasteiger partial charge in [0.2, 0.25) is 0 Å². The third-order valence-corrected chi connectivity index (χ3v) is 7.60. The molecule has 0 saturated carbocycles. The molecular formula is C8H11BrN2S2Se. The van der Waals surface area contributed by atoms with Gasteiger partial charge in [0.15, 0.2) is 0 Å². The molecule has 1 aliphatic heterocycles. The van der Waals surface area contributed by atoms with Crippen molar-refractivity contribution >= 4 is 38.5 Å². The zero-order chi connectivity index (χ0) is 9.10. The van der Waals surface area contributed by atoms with Crippen LogP contribution in [0.2, 0.25) is 0 Å². The number of halogens is 1. The van der Waals surface area contributed by atoms with Crippen molar-refractivity contribution in [2.75, 3.05) is 5.75 Å². The molecule has 0 bridgehead atoms. The van der Waals surface area contributed by atoms with Crippen LogP contribution in [0.5, 0.6) is 0 Å². The minimum absolute atomic E-state index is 0. The number of aromatic amines is 1. The summed E-state index contributed by atoms with van der Waals surface area (Å²) in [6.07, 6.45) is 4.03. The zero-order valence-corrected chi connectivity index (χ0v) is 12.6. The fourth-order valence-electron chi connectivity index (χ4n) is 1.03. The molecule has 6 heteroatoms. The van der Waals surface area contributed by atoms with E-state index in [1.165, 1.54) is 10.9 Å². The first-order valence-electron chi connectivity index (χ1n) is 3.98. The van der Waals surface area contributed by atoms with Crippen LogP contribution in [-0.4, -0.2) is 29.8 Å². The maximum absolute atomic E-state index is 3.23. The third-order valence-electron chi connectivity index (χ3n) is 1.70. The van der Waals surface area contributed by atoms with E-state index in [9.17, 15) is 0 Å². The molecule has 1 unspecified atom stereocenters. The van der Waals surface area contributed by atoms with Gasteiger partial charge in [-0.2, -0.15) is 0 Å². The largest absolute Gasteiger partial charge is 1.00 e. The summed E-state index contributed by atoms with van der Waals surface area (Å²) in [5.74, 6) is 1.21. The number of nitrogens with one attached hydrogen (secondary N) is 1. The quantitative estimate of drug-likeness (QED) is 0.390. The Morgan fingerprint density at radius 2 is 2.57 bits per heavy atom. The third kappa shape index (κ3) is 3.35. The van der Waals surface area contributed by atoms with Crippen molar-refractivity contribution in [3.63, 3.8) is 0 Å². The number of imidazole rings is 1. The fourth-order valence-corrected chi connectivity index (χ4v) is 5.94.